The van der Waals surface area contributed by atoms with Crippen molar-refractivity contribution in [1.82, 2.24) is 24.2 Å². The van der Waals surface area contributed by atoms with E-state index in [1.807, 2.05) is 6.07 Å². The molecule has 204 valence electrons. The Kier molecular flexibility index (Phi) is 6.85. The van der Waals surface area contributed by atoms with E-state index in [1.165, 1.54) is 15.4 Å². The number of fused-ring (bicyclic) bond motifs is 2. The predicted octanol–water partition coefficient (Wildman–Crippen LogP) is 3.46. The van der Waals surface area contributed by atoms with Gasteiger partial charge in [0.05, 0.1) is 37.1 Å². The van der Waals surface area contributed by atoms with Gasteiger partial charge in [-0.05, 0) is 54.9 Å². The van der Waals surface area contributed by atoms with Gasteiger partial charge in [0.1, 0.15) is 22.1 Å². The lowest BCUT2D eigenvalue weighted by atomic mass is 9.99. The number of rotatable bonds is 7. The predicted molar refractivity (Wildman–Crippen MR) is 150 cm³/mol. The van der Waals surface area contributed by atoms with Gasteiger partial charge in [-0.2, -0.15) is 14.3 Å². The monoisotopic (exact) mass is 549 g/mol. The number of anilines is 4. The molecule has 0 atom stereocenters. The highest BCUT2D eigenvalue weighted by molar-refractivity contribution is 7.89. The van der Waals surface area contributed by atoms with Gasteiger partial charge in [-0.25, -0.2) is 8.42 Å². The maximum absolute atomic E-state index is 13.5. The van der Waals surface area contributed by atoms with Crippen LogP contribution in [0.5, 0.6) is 5.75 Å². The van der Waals surface area contributed by atoms with E-state index in [1.54, 1.807) is 37.6 Å². The fourth-order valence-electron chi connectivity index (χ4n) is 5.06. The largest absolute Gasteiger partial charge is 0.495 e. The Balaban J connectivity index is 1.36. The minimum Gasteiger partial charge on any atom is -0.495 e. The molecule has 11 nitrogen and oxygen atoms in total. The number of methoxy groups -OCH3 is 1. The van der Waals surface area contributed by atoms with Crippen LogP contribution in [0.2, 0.25) is 0 Å². The van der Waals surface area contributed by atoms with E-state index in [0.29, 0.717) is 55.2 Å². The second kappa shape index (κ2) is 10.5. The Morgan fingerprint density at radius 1 is 1.00 bits per heavy atom. The molecular formula is C27H31N7O4S. The minimum absolute atomic E-state index is 0.184. The molecule has 1 saturated heterocycles. The maximum Gasteiger partial charge on any atom is 0.245 e. The van der Waals surface area contributed by atoms with E-state index in [9.17, 15) is 8.42 Å². The number of likely N-dealkylation sites (N-methyl/N-ethyl adjacent to an activating group) is 1. The van der Waals surface area contributed by atoms with Gasteiger partial charge in [0.2, 0.25) is 16.0 Å². The zero-order valence-corrected chi connectivity index (χ0v) is 22.7. The molecule has 2 aromatic carbocycles. The number of sulfonamides is 1. The first-order chi connectivity index (χ1) is 18.9. The average molecular weight is 550 g/mol. The van der Waals surface area contributed by atoms with Crippen LogP contribution in [-0.4, -0.2) is 79.6 Å². The second-order valence-electron chi connectivity index (χ2n) is 9.71. The van der Waals surface area contributed by atoms with Crippen molar-refractivity contribution in [3.63, 3.8) is 0 Å². The van der Waals surface area contributed by atoms with Crippen LogP contribution in [0.3, 0.4) is 0 Å². The van der Waals surface area contributed by atoms with Gasteiger partial charge in [-0.15, -0.1) is 0 Å². The van der Waals surface area contributed by atoms with Crippen molar-refractivity contribution in [2.45, 2.75) is 17.9 Å². The number of ether oxygens (including phenoxy) is 2. The molecule has 0 spiro atoms. The van der Waals surface area contributed by atoms with Crippen molar-refractivity contribution in [3.05, 3.63) is 59.8 Å². The maximum atomic E-state index is 13.5. The Bertz CT molecular complexity index is 1620. The summed E-state index contributed by atoms with van der Waals surface area (Å²) in [5.41, 5.74) is 4.31. The third kappa shape index (κ3) is 5.03. The Morgan fingerprint density at radius 3 is 2.64 bits per heavy atom. The van der Waals surface area contributed by atoms with Crippen molar-refractivity contribution in [3.8, 4) is 5.75 Å². The van der Waals surface area contributed by atoms with Crippen LogP contribution >= 0.6 is 0 Å². The van der Waals surface area contributed by atoms with Crippen LogP contribution in [0, 0.1) is 0 Å². The normalized spacial score (nSPS) is 16.7. The van der Waals surface area contributed by atoms with E-state index in [4.69, 9.17) is 14.5 Å². The van der Waals surface area contributed by atoms with Crippen LogP contribution in [0.1, 0.15) is 11.1 Å². The third-order valence-corrected chi connectivity index (χ3v) is 9.07. The standard InChI is InChI=1S/C27H31N7O4S/c1-33-10-8-18-16-23(37-2)22(15-19(18)17-33)30-27-31-25-20(7-9-28-25)26(32-27)29-21-5-3-4-6-24(21)39(35,36)34-11-13-38-14-12-34/h3-7,9,15-16H,8,10-14,17H2,1-2H3,(H3,28,29,30,31,32). The summed E-state index contributed by atoms with van der Waals surface area (Å²) in [4.78, 5) is 15.0. The first-order valence-corrected chi connectivity index (χ1v) is 14.3. The van der Waals surface area contributed by atoms with Gasteiger partial charge in [0, 0.05) is 32.4 Å². The van der Waals surface area contributed by atoms with Gasteiger partial charge in [-0.1, -0.05) is 12.1 Å². The van der Waals surface area contributed by atoms with Crippen LogP contribution < -0.4 is 15.4 Å². The quantitative estimate of drug-likeness (QED) is 0.318. The van der Waals surface area contributed by atoms with Gasteiger partial charge in [0.15, 0.2) is 0 Å². The minimum atomic E-state index is -3.73. The van der Waals surface area contributed by atoms with Crippen molar-refractivity contribution in [1.29, 1.82) is 0 Å². The van der Waals surface area contributed by atoms with E-state index >= 15 is 0 Å². The van der Waals surface area contributed by atoms with Crippen LogP contribution in [0.4, 0.5) is 23.1 Å². The molecule has 0 unspecified atom stereocenters. The number of nitrogens with one attached hydrogen (secondary N) is 3. The van der Waals surface area contributed by atoms with Crippen LogP contribution in [0.15, 0.2) is 53.6 Å². The van der Waals surface area contributed by atoms with Crippen molar-refractivity contribution < 1.29 is 17.9 Å². The van der Waals surface area contributed by atoms with Crippen molar-refractivity contribution in [2.24, 2.45) is 0 Å². The number of para-hydroxylation sites is 1. The molecule has 2 aliphatic rings. The SMILES string of the molecule is COc1cc2c(cc1Nc1nc(Nc3ccccc3S(=O)(=O)N3CCOCC3)c3cc[nH]c3n1)CN(C)CC2. The highest BCUT2D eigenvalue weighted by atomic mass is 32.2. The number of aromatic nitrogens is 3. The molecule has 6 rings (SSSR count). The number of morpholine rings is 1. The molecule has 0 radical (unpaired) electrons. The summed E-state index contributed by atoms with van der Waals surface area (Å²) in [5.74, 6) is 1.54. The molecule has 1 fully saturated rings. The Labute approximate surface area is 227 Å². The van der Waals surface area contributed by atoms with Gasteiger partial charge >= 0.3 is 0 Å². The first-order valence-electron chi connectivity index (χ1n) is 12.9. The first kappa shape index (κ1) is 25.6. The van der Waals surface area contributed by atoms with Crippen LogP contribution in [0.25, 0.3) is 11.0 Å². The summed E-state index contributed by atoms with van der Waals surface area (Å²) in [6.07, 6.45) is 2.74. The van der Waals surface area contributed by atoms with Gasteiger partial charge < -0.3 is 30.0 Å². The fraction of sp³-hybridized carbons (Fsp3) is 0.333. The number of hydrogen-bond donors (Lipinski definition) is 3. The molecule has 12 heteroatoms. The number of H-pyrrole nitrogens is 1. The molecule has 2 aromatic heterocycles. The zero-order valence-electron chi connectivity index (χ0n) is 21.9. The molecule has 4 aromatic rings. The topological polar surface area (TPSA) is 125 Å². The average Bonchev–Trinajstić information content (AvgIpc) is 3.42. The Morgan fingerprint density at radius 2 is 1.82 bits per heavy atom. The molecule has 39 heavy (non-hydrogen) atoms. The highest BCUT2D eigenvalue weighted by Crippen LogP contribution is 2.35. The highest BCUT2D eigenvalue weighted by Gasteiger charge is 2.29. The summed E-state index contributed by atoms with van der Waals surface area (Å²) in [6.45, 7) is 3.25. The molecule has 2 aliphatic heterocycles. The molecular weight excluding hydrogens is 518 g/mol. The van der Waals surface area contributed by atoms with E-state index < -0.39 is 10.0 Å². The van der Waals surface area contributed by atoms with Crippen molar-refractivity contribution >= 4 is 44.2 Å². The molecule has 4 heterocycles. The summed E-state index contributed by atoms with van der Waals surface area (Å²) >= 11 is 0. The number of nitrogens with zero attached hydrogens (tertiary/aromatic N) is 4. The summed E-state index contributed by atoms with van der Waals surface area (Å²) < 4.78 is 39.5. The summed E-state index contributed by atoms with van der Waals surface area (Å²) in [7, 11) is 0.0270. The van der Waals surface area contributed by atoms with Gasteiger partial charge in [0.25, 0.3) is 0 Å². The number of hydrogen-bond acceptors (Lipinski definition) is 9. The van der Waals surface area contributed by atoms with Gasteiger partial charge in [-0.3, -0.25) is 0 Å². The van der Waals surface area contributed by atoms with E-state index in [0.717, 1.165) is 30.6 Å². The van der Waals surface area contributed by atoms with E-state index in [2.05, 4.69) is 44.7 Å². The molecule has 0 saturated carbocycles. The smallest absolute Gasteiger partial charge is 0.245 e. The Hall–Kier alpha value is -3.71. The van der Waals surface area contributed by atoms with E-state index in [-0.39, 0.29) is 4.90 Å². The lowest BCUT2D eigenvalue weighted by Gasteiger charge is -2.27. The molecule has 0 amide bonds. The lowest BCUT2D eigenvalue weighted by Crippen LogP contribution is -2.40. The molecule has 0 bridgehead atoms. The van der Waals surface area contributed by atoms with Crippen LogP contribution in [-0.2, 0) is 27.7 Å². The lowest BCUT2D eigenvalue weighted by molar-refractivity contribution is 0.0730. The third-order valence-electron chi connectivity index (χ3n) is 7.12. The summed E-state index contributed by atoms with van der Waals surface area (Å²) in [5, 5.41) is 7.33. The summed E-state index contributed by atoms with van der Waals surface area (Å²) in [6, 6.07) is 12.9. The molecule has 0 aliphatic carbocycles. The second-order valence-corrected chi connectivity index (χ2v) is 11.6. The zero-order chi connectivity index (χ0) is 27.0. The van der Waals surface area contributed by atoms with Crippen molar-refractivity contribution in [2.75, 3.05) is 57.6 Å². The number of benzene rings is 2. The fourth-order valence-corrected chi connectivity index (χ4v) is 6.61. The number of aromatic amines is 1. The molecule has 3 N–H and O–H groups in total.